The minimum Gasteiger partial charge on any atom is -0.225 e. The van der Waals surface area contributed by atoms with Crippen molar-refractivity contribution in [1.82, 2.24) is 0 Å². The predicted octanol–water partition coefficient (Wildman–Crippen LogP) is 1.72. The molecule has 0 radical (unpaired) electrons. The number of hydrogen-bond donors (Lipinski definition) is 1. The quantitative estimate of drug-likeness (QED) is 0.814. The summed E-state index contributed by atoms with van der Waals surface area (Å²) in [6, 6.07) is 4.60. The minimum absolute atomic E-state index is 0. The van der Waals surface area contributed by atoms with Crippen LogP contribution in [0.25, 0.3) is 0 Å². The van der Waals surface area contributed by atoms with Crippen LogP contribution in [0, 0.1) is 6.92 Å². The molecule has 0 aromatic heterocycles. The number of sulfonamides is 1. The van der Waals surface area contributed by atoms with E-state index < -0.39 is 10.0 Å². The van der Waals surface area contributed by atoms with Crippen LogP contribution in [0.3, 0.4) is 0 Å². The lowest BCUT2D eigenvalue weighted by Crippen LogP contribution is -2.12. The van der Waals surface area contributed by atoms with Crippen molar-refractivity contribution in [2.75, 3.05) is 0 Å². The highest BCUT2D eigenvalue weighted by atomic mass is 35.5. The molecule has 0 amide bonds. The molecule has 0 fully saturated rings. The van der Waals surface area contributed by atoms with Gasteiger partial charge in [0.05, 0.1) is 5.02 Å². The van der Waals surface area contributed by atoms with Crippen LogP contribution in [0.2, 0.25) is 5.02 Å². The topological polar surface area (TPSA) is 60.2 Å². The van der Waals surface area contributed by atoms with Gasteiger partial charge in [0.2, 0.25) is 10.0 Å². The summed E-state index contributed by atoms with van der Waals surface area (Å²) >= 11 is 5.65. The van der Waals surface area contributed by atoms with Crippen LogP contribution in [0.4, 0.5) is 0 Å². The SMILES string of the molecule is Cc1ccc(S(N)(=O)=O)c(Cl)c1.Cl. The summed E-state index contributed by atoms with van der Waals surface area (Å²) in [7, 11) is -3.68. The van der Waals surface area contributed by atoms with Crippen molar-refractivity contribution in [1.29, 1.82) is 0 Å². The first kappa shape index (κ1) is 12.7. The normalized spacial score (nSPS) is 10.7. The van der Waals surface area contributed by atoms with Gasteiger partial charge >= 0.3 is 0 Å². The zero-order valence-electron chi connectivity index (χ0n) is 6.82. The molecule has 0 bridgehead atoms. The van der Waals surface area contributed by atoms with E-state index in [-0.39, 0.29) is 22.3 Å². The Morgan fingerprint density at radius 3 is 2.31 bits per heavy atom. The number of rotatable bonds is 1. The molecule has 0 aliphatic rings. The second kappa shape index (κ2) is 4.28. The number of halogens is 2. The average Bonchev–Trinajstić information content (AvgIpc) is 1.83. The summed E-state index contributed by atoms with van der Waals surface area (Å²) in [6.45, 7) is 1.82. The second-order valence-electron chi connectivity index (χ2n) is 2.48. The number of benzene rings is 1. The number of aryl methyl sites for hydroxylation is 1. The van der Waals surface area contributed by atoms with Crippen LogP contribution < -0.4 is 5.14 Å². The summed E-state index contributed by atoms with van der Waals surface area (Å²) in [5.74, 6) is 0. The van der Waals surface area contributed by atoms with Gasteiger partial charge in [0.25, 0.3) is 0 Å². The molecule has 6 heteroatoms. The van der Waals surface area contributed by atoms with E-state index in [1.807, 2.05) is 6.92 Å². The largest absolute Gasteiger partial charge is 0.239 e. The summed E-state index contributed by atoms with van der Waals surface area (Å²) in [6.07, 6.45) is 0. The number of primary sulfonamides is 1. The molecular weight excluding hydrogens is 233 g/mol. The molecule has 1 aromatic rings. The molecule has 0 aliphatic carbocycles. The van der Waals surface area contributed by atoms with E-state index in [4.69, 9.17) is 16.7 Å². The first-order valence-electron chi connectivity index (χ1n) is 3.20. The smallest absolute Gasteiger partial charge is 0.225 e. The molecule has 0 unspecified atom stereocenters. The fraction of sp³-hybridized carbons (Fsp3) is 0.143. The van der Waals surface area contributed by atoms with Gasteiger partial charge in [0.15, 0.2) is 0 Å². The van der Waals surface area contributed by atoms with Gasteiger partial charge < -0.3 is 0 Å². The van der Waals surface area contributed by atoms with Crippen molar-refractivity contribution in [2.24, 2.45) is 5.14 Å². The van der Waals surface area contributed by atoms with Crippen molar-refractivity contribution in [2.45, 2.75) is 11.8 Å². The van der Waals surface area contributed by atoms with Crippen LogP contribution >= 0.6 is 24.0 Å². The molecule has 0 aliphatic heterocycles. The molecule has 74 valence electrons. The second-order valence-corrected chi connectivity index (χ2v) is 4.42. The van der Waals surface area contributed by atoms with Crippen LogP contribution in [-0.4, -0.2) is 8.42 Å². The van der Waals surface area contributed by atoms with E-state index in [1.54, 1.807) is 12.1 Å². The van der Waals surface area contributed by atoms with Crippen molar-refractivity contribution in [3.63, 3.8) is 0 Å². The third-order valence-corrected chi connectivity index (χ3v) is 2.79. The standard InChI is InChI=1S/C7H8ClNO2S.ClH/c1-5-2-3-7(6(8)4-5)12(9,10)11;/h2-4H,1H3,(H2,9,10,11);1H. The third kappa shape index (κ3) is 3.15. The minimum atomic E-state index is -3.68. The Hall–Kier alpha value is -0.290. The van der Waals surface area contributed by atoms with Gasteiger partial charge in [0.1, 0.15) is 4.90 Å². The zero-order valence-corrected chi connectivity index (χ0v) is 9.21. The number of nitrogens with two attached hydrogens (primary N) is 1. The van der Waals surface area contributed by atoms with Gasteiger partial charge in [-0.2, -0.15) is 0 Å². The van der Waals surface area contributed by atoms with E-state index in [1.165, 1.54) is 6.07 Å². The lowest BCUT2D eigenvalue weighted by atomic mass is 10.2. The maximum atomic E-state index is 10.9. The van der Waals surface area contributed by atoms with E-state index in [0.717, 1.165) is 5.56 Å². The molecular formula is C7H9Cl2NO2S. The Bertz CT molecular complexity index is 403. The highest BCUT2D eigenvalue weighted by Gasteiger charge is 2.11. The van der Waals surface area contributed by atoms with Gasteiger partial charge in [-0.1, -0.05) is 17.7 Å². The highest BCUT2D eigenvalue weighted by Crippen LogP contribution is 2.20. The van der Waals surface area contributed by atoms with Gasteiger partial charge in [0, 0.05) is 0 Å². The van der Waals surface area contributed by atoms with E-state index in [9.17, 15) is 8.42 Å². The van der Waals surface area contributed by atoms with Crippen LogP contribution in [-0.2, 0) is 10.0 Å². The fourth-order valence-electron chi connectivity index (χ4n) is 0.837. The van der Waals surface area contributed by atoms with Gasteiger partial charge in [-0.25, -0.2) is 13.6 Å². The van der Waals surface area contributed by atoms with Crippen molar-refractivity contribution in [3.05, 3.63) is 28.8 Å². The third-order valence-electron chi connectivity index (χ3n) is 1.39. The van der Waals surface area contributed by atoms with E-state index >= 15 is 0 Å². The molecule has 0 saturated carbocycles. The summed E-state index contributed by atoms with van der Waals surface area (Å²) in [4.78, 5) is -0.0326. The monoisotopic (exact) mass is 241 g/mol. The maximum absolute atomic E-state index is 10.9. The van der Waals surface area contributed by atoms with Crippen molar-refractivity contribution in [3.8, 4) is 0 Å². The lowest BCUT2D eigenvalue weighted by molar-refractivity contribution is 0.598. The first-order valence-corrected chi connectivity index (χ1v) is 5.12. The molecule has 0 saturated heterocycles. The molecule has 3 nitrogen and oxygen atoms in total. The van der Waals surface area contributed by atoms with E-state index in [0.29, 0.717) is 0 Å². The maximum Gasteiger partial charge on any atom is 0.239 e. The Balaban J connectivity index is 0.00000144. The van der Waals surface area contributed by atoms with Crippen LogP contribution in [0.1, 0.15) is 5.56 Å². The van der Waals surface area contributed by atoms with Gasteiger partial charge in [-0.15, -0.1) is 12.4 Å². The number of hydrogen-bond acceptors (Lipinski definition) is 2. The molecule has 2 N–H and O–H groups in total. The molecule has 1 rings (SSSR count). The predicted molar refractivity (Wildman–Crippen MR) is 54.8 cm³/mol. The zero-order chi connectivity index (χ0) is 9.35. The van der Waals surface area contributed by atoms with Gasteiger partial charge in [-0.3, -0.25) is 0 Å². The summed E-state index contributed by atoms with van der Waals surface area (Å²) in [5.41, 5.74) is 0.896. The average molecular weight is 242 g/mol. The Kier molecular flexibility index (Phi) is 4.19. The lowest BCUT2D eigenvalue weighted by Gasteiger charge is -2.01. The van der Waals surface area contributed by atoms with Crippen LogP contribution in [0.5, 0.6) is 0 Å². The molecule has 1 aromatic carbocycles. The fourth-order valence-corrected chi connectivity index (χ4v) is 1.98. The Labute approximate surface area is 88.4 Å². The highest BCUT2D eigenvalue weighted by molar-refractivity contribution is 7.89. The van der Waals surface area contributed by atoms with Crippen LogP contribution in [0.15, 0.2) is 23.1 Å². The molecule has 0 spiro atoms. The Morgan fingerprint density at radius 2 is 1.92 bits per heavy atom. The molecule has 0 atom stereocenters. The van der Waals surface area contributed by atoms with Crippen molar-refractivity contribution >= 4 is 34.0 Å². The van der Waals surface area contributed by atoms with E-state index in [2.05, 4.69) is 0 Å². The Morgan fingerprint density at radius 1 is 1.38 bits per heavy atom. The van der Waals surface area contributed by atoms with Gasteiger partial charge in [-0.05, 0) is 24.6 Å². The molecule has 0 heterocycles. The summed E-state index contributed by atoms with van der Waals surface area (Å²) in [5, 5.41) is 5.06. The van der Waals surface area contributed by atoms with Crippen molar-refractivity contribution < 1.29 is 8.42 Å². The summed E-state index contributed by atoms with van der Waals surface area (Å²) < 4.78 is 21.7. The first-order chi connectivity index (χ1) is 5.41. The molecule has 13 heavy (non-hydrogen) atoms.